The zero-order valence-corrected chi connectivity index (χ0v) is 18.6. The van der Waals surface area contributed by atoms with E-state index in [1.165, 1.54) is 6.26 Å². The number of likely N-dealkylation sites (tertiary alicyclic amines) is 1. The van der Waals surface area contributed by atoms with E-state index in [-0.39, 0.29) is 23.8 Å². The highest BCUT2D eigenvalue weighted by atomic mass is 35.5. The molecule has 3 atom stereocenters. The van der Waals surface area contributed by atoms with Crippen molar-refractivity contribution in [1.29, 1.82) is 0 Å². The number of carbonyl (C=O) groups excluding carboxylic acids is 1. The topological polar surface area (TPSA) is 66.5 Å². The predicted octanol–water partition coefficient (Wildman–Crippen LogP) is 4.04. The highest BCUT2D eigenvalue weighted by molar-refractivity contribution is 7.88. The zero-order valence-electron chi connectivity index (χ0n) is 17.1. The van der Waals surface area contributed by atoms with Gasteiger partial charge in [-0.3, -0.25) is 4.79 Å². The molecule has 0 spiro atoms. The minimum atomic E-state index is -3.23. The first-order valence-corrected chi connectivity index (χ1v) is 12.7. The minimum absolute atomic E-state index is 0.0228. The fraction of sp³-hybridized carbons (Fsp3) is 0.435. The number of amides is 1. The van der Waals surface area contributed by atoms with Crippen LogP contribution in [0, 0.1) is 5.92 Å². The van der Waals surface area contributed by atoms with Crippen LogP contribution in [0.25, 0.3) is 11.1 Å². The number of hydrogen-bond donors (Lipinski definition) is 1. The molecule has 2 aliphatic rings. The Kier molecular flexibility index (Phi) is 6.19. The Hall–Kier alpha value is -1.89. The Balaban J connectivity index is 1.46. The maximum Gasteiger partial charge on any atom is 0.226 e. The van der Waals surface area contributed by atoms with Crippen molar-refractivity contribution < 1.29 is 13.2 Å². The minimum Gasteiger partial charge on any atom is -0.342 e. The van der Waals surface area contributed by atoms with Crippen molar-refractivity contribution in [2.75, 3.05) is 19.3 Å². The van der Waals surface area contributed by atoms with E-state index in [2.05, 4.69) is 10.8 Å². The van der Waals surface area contributed by atoms with Gasteiger partial charge < -0.3 is 4.90 Å². The molecular formula is C23H27ClN2O3S. The molecule has 2 aromatic carbocycles. The van der Waals surface area contributed by atoms with Gasteiger partial charge in [0.25, 0.3) is 0 Å². The third-order valence-corrected chi connectivity index (χ3v) is 7.11. The van der Waals surface area contributed by atoms with Crippen molar-refractivity contribution in [2.24, 2.45) is 5.92 Å². The van der Waals surface area contributed by atoms with Crippen LogP contribution in [0.2, 0.25) is 5.02 Å². The standard InChI is InChI=1S/C23H27ClN2O3S/c1-30(28,29)25-17-9-6-13-26(14-12-17)23(27)20-15-19(20)18-10-5-11-21(24)22(18)16-7-3-2-4-8-16/h2-5,7-8,10-11,17,19-20,25H,6,9,12-15H2,1H3/t17-,19-,20+/m0/s1. The Bertz CT molecular complexity index is 1030. The SMILES string of the molecule is CS(=O)(=O)N[C@H]1CCCN(C(=O)[C@@H]2C[C@H]2c2cccc(Cl)c2-c2ccccc2)CC1. The van der Waals surface area contributed by atoms with Gasteiger partial charge in [0.15, 0.2) is 0 Å². The Morgan fingerprint density at radius 1 is 1.07 bits per heavy atom. The van der Waals surface area contributed by atoms with Crippen molar-refractivity contribution in [2.45, 2.75) is 37.6 Å². The Labute approximate surface area is 183 Å². The predicted molar refractivity (Wildman–Crippen MR) is 120 cm³/mol. The van der Waals surface area contributed by atoms with Gasteiger partial charge in [-0.15, -0.1) is 0 Å². The van der Waals surface area contributed by atoms with Gasteiger partial charge in [0.1, 0.15) is 0 Å². The number of hydrogen-bond acceptors (Lipinski definition) is 3. The molecule has 1 N–H and O–H groups in total. The van der Waals surface area contributed by atoms with Crippen molar-refractivity contribution in [3.63, 3.8) is 0 Å². The van der Waals surface area contributed by atoms with Gasteiger partial charge in [-0.1, -0.05) is 54.1 Å². The third kappa shape index (κ3) is 4.88. The monoisotopic (exact) mass is 446 g/mol. The lowest BCUT2D eigenvalue weighted by Gasteiger charge is -2.21. The molecule has 4 rings (SSSR count). The third-order valence-electron chi connectivity index (χ3n) is 6.04. The first-order valence-electron chi connectivity index (χ1n) is 10.4. The maximum atomic E-state index is 13.2. The van der Waals surface area contributed by atoms with Gasteiger partial charge in [-0.2, -0.15) is 0 Å². The van der Waals surface area contributed by atoms with Gasteiger partial charge in [0.2, 0.25) is 15.9 Å². The van der Waals surface area contributed by atoms with E-state index < -0.39 is 10.0 Å². The van der Waals surface area contributed by atoms with Crippen molar-refractivity contribution >= 4 is 27.5 Å². The molecule has 0 bridgehead atoms. The van der Waals surface area contributed by atoms with Crippen LogP contribution >= 0.6 is 11.6 Å². The highest BCUT2D eigenvalue weighted by Gasteiger charge is 2.47. The fourth-order valence-corrected chi connectivity index (χ4v) is 5.67. The van der Waals surface area contributed by atoms with E-state index in [0.29, 0.717) is 24.5 Å². The molecule has 1 saturated heterocycles. The summed E-state index contributed by atoms with van der Waals surface area (Å²) in [4.78, 5) is 15.1. The number of nitrogens with one attached hydrogen (secondary N) is 1. The zero-order chi connectivity index (χ0) is 21.3. The second kappa shape index (κ2) is 8.69. The number of sulfonamides is 1. The van der Waals surface area contributed by atoms with E-state index in [1.807, 2.05) is 47.4 Å². The van der Waals surface area contributed by atoms with E-state index in [4.69, 9.17) is 11.6 Å². The molecular weight excluding hydrogens is 420 g/mol. The van der Waals surface area contributed by atoms with Crippen molar-refractivity contribution in [3.8, 4) is 11.1 Å². The van der Waals surface area contributed by atoms with E-state index in [1.54, 1.807) is 0 Å². The lowest BCUT2D eigenvalue weighted by Crippen LogP contribution is -2.36. The van der Waals surface area contributed by atoms with Gasteiger partial charge >= 0.3 is 0 Å². The summed E-state index contributed by atoms with van der Waals surface area (Å²) in [7, 11) is -3.23. The Morgan fingerprint density at radius 2 is 1.83 bits per heavy atom. The van der Waals surface area contributed by atoms with Gasteiger partial charge in [-0.25, -0.2) is 13.1 Å². The number of halogens is 1. The van der Waals surface area contributed by atoms with Crippen LogP contribution in [-0.2, 0) is 14.8 Å². The molecule has 1 heterocycles. The molecule has 2 aromatic rings. The first kappa shape index (κ1) is 21.3. The maximum absolute atomic E-state index is 13.2. The van der Waals surface area contributed by atoms with Crippen molar-refractivity contribution in [3.05, 3.63) is 59.1 Å². The molecule has 0 radical (unpaired) electrons. The molecule has 5 nitrogen and oxygen atoms in total. The van der Waals surface area contributed by atoms with E-state index in [9.17, 15) is 13.2 Å². The molecule has 0 unspecified atom stereocenters. The first-order chi connectivity index (χ1) is 14.3. The summed E-state index contributed by atoms with van der Waals surface area (Å²) in [6, 6.07) is 15.9. The Morgan fingerprint density at radius 3 is 2.57 bits per heavy atom. The summed E-state index contributed by atoms with van der Waals surface area (Å²) in [5, 5.41) is 0.710. The van der Waals surface area contributed by atoms with Crippen molar-refractivity contribution in [1.82, 2.24) is 9.62 Å². The summed E-state index contributed by atoms with van der Waals surface area (Å²) >= 11 is 6.55. The van der Waals surface area contributed by atoms with Gasteiger partial charge in [-0.05, 0) is 48.8 Å². The number of carbonyl (C=O) groups is 1. The fourth-order valence-electron chi connectivity index (χ4n) is 4.54. The summed E-state index contributed by atoms with van der Waals surface area (Å²) in [5.41, 5.74) is 3.23. The van der Waals surface area contributed by atoms with Crippen LogP contribution in [0.3, 0.4) is 0 Å². The quantitative estimate of drug-likeness (QED) is 0.753. The molecule has 1 aliphatic heterocycles. The molecule has 30 heavy (non-hydrogen) atoms. The summed E-state index contributed by atoms with van der Waals surface area (Å²) in [6.07, 6.45) is 4.24. The number of benzene rings is 2. The largest absolute Gasteiger partial charge is 0.342 e. The van der Waals surface area contributed by atoms with Crippen LogP contribution in [0.4, 0.5) is 0 Å². The number of rotatable bonds is 5. The second-order valence-electron chi connectivity index (χ2n) is 8.36. The lowest BCUT2D eigenvalue weighted by molar-refractivity contribution is -0.132. The smallest absolute Gasteiger partial charge is 0.226 e. The molecule has 7 heteroatoms. The molecule has 1 amide bonds. The normalized spacial score (nSPS) is 24.3. The van der Waals surface area contributed by atoms with Gasteiger partial charge in [0.05, 0.1) is 6.26 Å². The van der Waals surface area contributed by atoms with Gasteiger partial charge in [0, 0.05) is 35.6 Å². The average molecular weight is 447 g/mol. The summed E-state index contributed by atoms with van der Waals surface area (Å²) < 4.78 is 25.7. The summed E-state index contributed by atoms with van der Waals surface area (Å²) in [6.45, 7) is 1.28. The highest BCUT2D eigenvalue weighted by Crippen LogP contribution is 2.52. The van der Waals surface area contributed by atoms with Crippen LogP contribution in [0.1, 0.15) is 37.2 Å². The van der Waals surface area contributed by atoms with Crippen LogP contribution in [0.5, 0.6) is 0 Å². The number of nitrogens with zero attached hydrogens (tertiary/aromatic N) is 1. The molecule has 1 saturated carbocycles. The lowest BCUT2D eigenvalue weighted by atomic mass is 9.95. The molecule has 1 aliphatic carbocycles. The van der Waals surface area contributed by atoms with Crippen LogP contribution in [-0.4, -0.2) is 44.6 Å². The van der Waals surface area contributed by atoms with Crippen LogP contribution in [0.15, 0.2) is 48.5 Å². The van der Waals surface area contributed by atoms with E-state index in [0.717, 1.165) is 36.0 Å². The molecule has 0 aromatic heterocycles. The summed E-state index contributed by atoms with van der Waals surface area (Å²) in [5.74, 6) is 0.337. The molecule has 2 fully saturated rings. The van der Waals surface area contributed by atoms with E-state index >= 15 is 0 Å². The van der Waals surface area contributed by atoms with Crippen LogP contribution < -0.4 is 4.72 Å². The second-order valence-corrected chi connectivity index (χ2v) is 10.5. The average Bonchev–Trinajstić information content (AvgIpc) is 3.51. The molecule has 160 valence electrons.